The molecule has 0 spiro atoms. The number of amides is 1. The van der Waals surface area contributed by atoms with Crippen molar-refractivity contribution in [3.05, 3.63) is 27.8 Å². The molecular weight excluding hydrogens is 439 g/mol. The van der Waals surface area contributed by atoms with Gasteiger partial charge in [0.15, 0.2) is 0 Å². The van der Waals surface area contributed by atoms with Gasteiger partial charge in [-0.2, -0.15) is 8.42 Å². The summed E-state index contributed by atoms with van der Waals surface area (Å²) in [7, 11) is -3.82. The van der Waals surface area contributed by atoms with Gasteiger partial charge in [-0.1, -0.05) is 25.2 Å². The molecule has 0 aliphatic rings. The van der Waals surface area contributed by atoms with Gasteiger partial charge in [-0.05, 0) is 46.9 Å². The maximum absolute atomic E-state index is 12.2. The quantitative estimate of drug-likeness (QED) is 0.537. The third-order valence-electron chi connectivity index (χ3n) is 2.49. The molecule has 0 aliphatic carbocycles. The van der Waals surface area contributed by atoms with Crippen molar-refractivity contribution in [3.63, 3.8) is 0 Å². The van der Waals surface area contributed by atoms with Crippen LogP contribution < -0.4 is 10.0 Å². The number of hydrogen-bond acceptors (Lipinski definition) is 6. The summed E-state index contributed by atoms with van der Waals surface area (Å²) in [5.41, 5.74) is 0.434. The highest BCUT2D eigenvalue weighted by molar-refractivity contribution is 14.1. The number of aromatic nitrogens is 2. The third-order valence-corrected chi connectivity index (χ3v) is 5.79. The monoisotopic (exact) mass is 452 g/mol. The average Bonchev–Trinajstić information content (AvgIpc) is 2.90. The van der Waals surface area contributed by atoms with Crippen molar-refractivity contribution < 1.29 is 13.2 Å². The number of nitrogens with zero attached hydrogens (tertiary/aromatic N) is 2. The number of benzene rings is 1. The molecule has 0 aliphatic heterocycles. The number of rotatable bonds is 5. The smallest absolute Gasteiger partial charge is 0.291 e. The first-order valence-corrected chi connectivity index (χ1v) is 9.58. The second-order valence-electron chi connectivity index (χ2n) is 4.63. The number of carbonyl (C=O) groups excluding carboxylic acids is 1. The lowest BCUT2D eigenvalue weighted by molar-refractivity contribution is -0.118. The summed E-state index contributed by atoms with van der Waals surface area (Å²) in [6.45, 7) is 3.46. The summed E-state index contributed by atoms with van der Waals surface area (Å²) in [6, 6.07) is 6.88. The van der Waals surface area contributed by atoms with E-state index >= 15 is 0 Å². The second kappa shape index (κ2) is 6.87. The highest BCUT2D eigenvalue weighted by Crippen LogP contribution is 2.23. The van der Waals surface area contributed by atoms with Crippen molar-refractivity contribution in [2.45, 2.75) is 18.2 Å². The first kappa shape index (κ1) is 17.1. The molecule has 0 bridgehead atoms. The van der Waals surface area contributed by atoms with Crippen molar-refractivity contribution in [2.75, 3.05) is 10.0 Å². The zero-order chi connectivity index (χ0) is 16.3. The first-order chi connectivity index (χ1) is 10.3. The van der Waals surface area contributed by atoms with Crippen LogP contribution in [0.15, 0.2) is 28.6 Å². The van der Waals surface area contributed by atoms with E-state index in [9.17, 15) is 13.2 Å². The Morgan fingerprint density at radius 3 is 2.45 bits per heavy atom. The standard InChI is InChI=1S/C12H13IN4O3S2/c1-7(2)10(18)14-11-15-16-12(21-11)22(19,20)17-9-5-3-8(13)4-6-9/h3-7,17H,1-2H3,(H,14,15,18). The summed E-state index contributed by atoms with van der Waals surface area (Å²) in [5.74, 6) is -0.473. The molecule has 1 amide bonds. The van der Waals surface area contributed by atoms with Gasteiger partial charge in [0.05, 0.1) is 0 Å². The third kappa shape index (κ3) is 4.36. The van der Waals surface area contributed by atoms with Crippen LogP contribution in [0.4, 0.5) is 10.8 Å². The number of nitrogens with one attached hydrogen (secondary N) is 2. The summed E-state index contributed by atoms with van der Waals surface area (Å²) in [6.07, 6.45) is 0. The van der Waals surface area contributed by atoms with E-state index in [-0.39, 0.29) is 21.3 Å². The minimum Gasteiger partial charge on any atom is -0.300 e. The summed E-state index contributed by atoms with van der Waals surface area (Å²) < 4.78 is 27.6. The molecule has 1 aromatic heterocycles. The highest BCUT2D eigenvalue weighted by Gasteiger charge is 2.21. The molecule has 0 saturated carbocycles. The van der Waals surface area contributed by atoms with Crippen LogP contribution in [0.2, 0.25) is 0 Å². The minimum absolute atomic E-state index is 0.154. The van der Waals surface area contributed by atoms with Gasteiger partial charge in [-0.25, -0.2) is 0 Å². The topological polar surface area (TPSA) is 101 Å². The van der Waals surface area contributed by atoms with Crippen LogP contribution in [0.25, 0.3) is 0 Å². The van der Waals surface area contributed by atoms with E-state index in [0.29, 0.717) is 5.69 Å². The van der Waals surface area contributed by atoms with Gasteiger partial charge in [0, 0.05) is 15.2 Å². The fourth-order valence-corrected chi connectivity index (χ4v) is 3.66. The second-order valence-corrected chi connectivity index (χ2v) is 8.71. The molecule has 22 heavy (non-hydrogen) atoms. The van der Waals surface area contributed by atoms with Gasteiger partial charge in [0.1, 0.15) is 0 Å². The number of anilines is 2. The molecule has 7 nitrogen and oxygen atoms in total. The molecule has 0 radical (unpaired) electrons. The fraction of sp³-hybridized carbons (Fsp3) is 0.250. The van der Waals surface area contributed by atoms with E-state index in [0.717, 1.165) is 14.9 Å². The van der Waals surface area contributed by atoms with Crippen molar-refractivity contribution in [1.82, 2.24) is 10.2 Å². The Hall–Kier alpha value is -1.27. The summed E-state index contributed by atoms with van der Waals surface area (Å²) in [4.78, 5) is 11.6. The Labute approximate surface area is 145 Å². The van der Waals surface area contributed by atoms with Gasteiger partial charge in [0.25, 0.3) is 14.4 Å². The Bertz CT molecular complexity index is 772. The van der Waals surface area contributed by atoms with E-state index in [1.165, 1.54) is 0 Å². The summed E-state index contributed by atoms with van der Waals surface area (Å²) >= 11 is 2.93. The van der Waals surface area contributed by atoms with E-state index in [2.05, 4.69) is 42.8 Å². The van der Waals surface area contributed by atoms with Crippen LogP contribution in [0, 0.1) is 9.49 Å². The molecule has 118 valence electrons. The van der Waals surface area contributed by atoms with Crippen molar-refractivity contribution in [2.24, 2.45) is 5.92 Å². The molecule has 2 rings (SSSR count). The lowest BCUT2D eigenvalue weighted by atomic mass is 10.2. The van der Waals surface area contributed by atoms with Crippen molar-refractivity contribution in [1.29, 1.82) is 0 Å². The molecule has 0 saturated heterocycles. The molecular formula is C12H13IN4O3S2. The number of sulfonamides is 1. The number of hydrogen-bond donors (Lipinski definition) is 2. The minimum atomic E-state index is -3.82. The molecule has 2 N–H and O–H groups in total. The molecule has 1 heterocycles. The van der Waals surface area contributed by atoms with Crippen LogP contribution in [0.5, 0.6) is 0 Å². The molecule has 2 aromatic rings. The van der Waals surface area contributed by atoms with Gasteiger partial charge in [-0.15, -0.1) is 10.2 Å². The zero-order valence-corrected chi connectivity index (χ0v) is 15.5. The number of carbonyl (C=O) groups is 1. The predicted molar refractivity (Wildman–Crippen MR) is 93.3 cm³/mol. The Kier molecular flexibility index (Phi) is 5.34. The molecule has 0 atom stereocenters. The molecule has 0 unspecified atom stereocenters. The fourth-order valence-electron chi connectivity index (χ4n) is 1.34. The van der Waals surface area contributed by atoms with Crippen molar-refractivity contribution in [3.8, 4) is 0 Å². The lowest BCUT2D eigenvalue weighted by Crippen LogP contribution is -2.17. The Morgan fingerprint density at radius 1 is 1.23 bits per heavy atom. The normalized spacial score (nSPS) is 11.5. The van der Waals surface area contributed by atoms with Crippen molar-refractivity contribution >= 4 is 60.7 Å². The molecule has 0 fully saturated rings. The van der Waals surface area contributed by atoms with Crippen LogP contribution >= 0.6 is 33.9 Å². The van der Waals surface area contributed by atoms with E-state index < -0.39 is 10.0 Å². The van der Waals surface area contributed by atoms with E-state index in [1.807, 2.05) is 0 Å². The van der Waals surface area contributed by atoms with Crippen LogP contribution in [-0.2, 0) is 14.8 Å². The average molecular weight is 452 g/mol. The number of halogens is 1. The van der Waals surface area contributed by atoms with Gasteiger partial charge in [0.2, 0.25) is 11.0 Å². The Morgan fingerprint density at radius 2 is 1.86 bits per heavy atom. The maximum atomic E-state index is 12.2. The van der Waals surface area contributed by atoms with Crippen LogP contribution in [0.1, 0.15) is 13.8 Å². The Balaban J connectivity index is 2.14. The highest BCUT2D eigenvalue weighted by atomic mass is 127. The van der Waals surface area contributed by atoms with Gasteiger partial charge in [-0.3, -0.25) is 9.52 Å². The summed E-state index contributed by atoms with van der Waals surface area (Å²) in [5, 5.41) is 9.96. The zero-order valence-electron chi connectivity index (χ0n) is 11.7. The first-order valence-electron chi connectivity index (χ1n) is 6.20. The molecule has 10 heteroatoms. The van der Waals surface area contributed by atoms with Crippen LogP contribution in [-0.4, -0.2) is 24.5 Å². The van der Waals surface area contributed by atoms with E-state index in [1.54, 1.807) is 38.1 Å². The maximum Gasteiger partial charge on any atom is 0.291 e. The van der Waals surface area contributed by atoms with Gasteiger partial charge >= 0.3 is 0 Å². The largest absolute Gasteiger partial charge is 0.300 e. The SMILES string of the molecule is CC(C)C(=O)Nc1nnc(S(=O)(=O)Nc2ccc(I)cc2)s1. The van der Waals surface area contributed by atoms with E-state index in [4.69, 9.17) is 0 Å². The van der Waals surface area contributed by atoms with Gasteiger partial charge < -0.3 is 5.32 Å². The molecule has 1 aromatic carbocycles. The van der Waals surface area contributed by atoms with Crippen LogP contribution in [0.3, 0.4) is 0 Å². The predicted octanol–water partition coefficient (Wildman–Crippen LogP) is 2.54. The lowest BCUT2D eigenvalue weighted by Gasteiger charge is -2.04.